The Morgan fingerprint density at radius 2 is 2.44 bits per heavy atom. The summed E-state index contributed by atoms with van der Waals surface area (Å²) in [4.78, 5) is 11.5. The third-order valence-electron chi connectivity index (χ3n) is 3.41. The van der Waals surface area contributed by atoms with Gasteiger partial charge in [-0.05, 0) is 33.1 Å². The molecule has 1 aliphatic carbocycles. The largest absolute Gasteiger partial charge is 0.480 e. The monoisotopic (exact) mass is 271 g/mol. The van der Waals surface area contributed by atoms with Crippen LogP contribution < -0.4 is 5.32 Å². The lowest BCUT2D eigenvalue weighted by atomic mass is 9.96. The van der Waals surface area contributed by atoms with Gasteiger partial charge < -0.3 is 5.11 Å². The Hall–Kier alpha value is -1.07. The van der Waals surface area contributed by atoms with Gasteiger partial charge in [0, 0.05) is 12.2 Å². The van der Waals surface area contributed by atoms with Crippen molar-refractivity contribution in [2.45, 2.75) is 50.7 Å². The standard InChI is InChI=1S/C12H18ClN3O2/c1-8(2)15-12(11(17)18)4-3-10(5-12)16-7-9(13)6-14-16/h6-8,10,15H,3-5H2,1-2H3,(H,17,18). The Labute approximate surface area is 111 Å². The van der Waals surface area contributed by atoms with E-state index in [2.05, 4.69) is 10.4 Å². The Balaban J connectivity index is 2.15. The lowest BCUT2D eigenvalue weighted by molar-refractivity contribution is -0.145. The summed E-state index contributed by atoms with van der Waals surface area (Å²) in [6, 6.07) is 0.237. The number of hydrogen-bond donors (Lipinski definition) is 2. The molecule has 0 bridgehead atoms. The molecule has 5 nitrogen and oxygen atoms in total. The van der Waals surface area contributed by atoms with Crippen molar-refractivity contribution in [3.63, 3.8) is 0 Å². The molecule has 0 saturated heterocycles. The van der Waals surface area contributed by atoms with Crippen LogP contribution in [0.2, 0.25) is 5.02 Å². The van der Waals surface area contributed by atoms with Gasteiger partial charge in [-0.2, -0.15) is 5.10 Å². The first kappa shape index (κ1) is 13.4. The molecule has 0 amide bonds. The number of hydrogen-bond acceptors (Lipinski definition) is 3. The van der Waals surface area contributed by atoms with Crippen molar-refractivity contribution in [1.82, 2.24) is 15.1 Å². The van der Waals surface area contributed by atoms with Crippen LogP contribution in [-0.4, -0.2) is 32.4 Å². The van der Waals surface area contributed by atoms with E-state index >= 15 is 0 Å². The first-order valence-corrected chi connectivity index (χ1v) is 6.51. The maximum absolute atomic E-state index is 11.5. The average molecular weight is 272 g/mol. The molecule has 0 aliphatic heterocycles. The minimum absolute atomic E-state index is 0.0971. The highest BCUT2D eigenvalue weighted by Gasteiger charge is 2.46. The van der Waals surface area contributed by atoms with Gasteiger partial charge in [0.05, 0.1) is 17.3 Å². The van der Waals surface area contributed by atoms with Gasteiger partial charge in [0.2, 0.25) is 0 Å². The summed E-state index contributed by atoms with van der Waals surface area (Å²) in [6.45, 7) is 3.92. The van der Waals surface area contributed by atoms with E-state index in [1.807, 2.05) is 13.8 Å². The highest BCUT2D eigenvalue weighted by molar-refractivity contribution is 6.30. The Morgan fingerprint density at radius 3 is 2.94 bits per heavy atom. The van der Waals surface area contributed by atoms with Crippen LogP contribution in [0.15, 0.2) is 12.4 Å². The number of rotatable bonds is 4. The van der Waals surface area contributed by atoms with Crippen molar-refractivity contribution in [3.05, 3.63) is 17.4 Å². The SMILES string of the molecule is CC(C)NC1(C(=O)O)CCC(n2cc(Cl)cn2)C1. The van der Waals surface area contributed by atoms with E-state index < -0.39 is 11.5 Å². The van der Waals surface area contributed by atoms with E-state index in [0.717, 1.165) is 6.42 Å². The second-order valence-electron chi connectivity index (χ2n) is 5.22. The molecule has 1 aromatic heterocycles. The predicted molar refractivity (Wildman–Crippen MR) is 68.8 cm³/mol. The predicted octanol–water partition coefficient (Wildman–Crippen LogP) is 2.08. The zero-order valence-corrected chi connectivity index (χ0v) is 11.3. The fourth-order valence-electron chi connectivity index (χ4n) is 2.70. The normalized spacial score (nSPS) is 27.9. The summed E-state index contributed by atoms with van der Waals surface area (Å²) in [5, 5.41) is 17.4. The van der Waals surface area contributed by atoms with Gasteiger partial charge in [-0.1, -0.05) is 11.6 Å². The Morgan fingerprint density at radius 1 is 1.72 bits per heavy atom. The van der Waals surface area contributed by atoms with E-state index in [0.29, 0.717) is 17.9 Å². The highest BCUT2D eigenvalue weighted by atomic mass is 35.5. The average Bonchev–Trinajstić information content (AvgIpc) is 2.84. The topological polar surface area (TPSA) is 67.2 Å². The van der Waals surface area contributed by atoms with Crippen LogP contribution in [0.5, 0.6) is 0 Å². The summed E-state index contributed by atoms with van der Waals surface area (Å²) in [5.41, 5.74) is -0.836. The van der Waals surface area contributed by atoms with Crippen molar-refractivity contribution in [2.75, 3.05) is 0 Å². The van der Waals surface area contributed by atoms with Crippen LogP contribution in [-0.2, 0) is 4.79 Å². The van der Waals surface area contributed by atoms with Crippen LogP contribution >= 0.6 is 11.6 Å². The second kappa shape index (κ2) is 4.90. The van der Waals surface area contributed by atoms with E-state index in [-0.39, 0.29) is 12.1 Å². The zero-order chi connectivity index (χ0) is 13.3. The van der Waals surface area contributed by atoms with E-state index in [1.165, 1.54) is 0 Å². The van der Waals surface area contributed by atoms with Crippen molar-refractivity contribution in [3.8, 4) is 0 Å². The Bertz CT molecular complexity index is 446. The second-order valence-corrected chi connectivity index (χ2v) is 5.66. The van der Waals surface area contributed by atoms with Crippen LogP contribution in [0.4, 0.5) is 0 Å². The van der Waals surface area contributed by atoms with E-state index in [4.69, 9.17) is 11.6 Å². The van der Waals surface area contributed by atoms with E-state index in [1.54, 1.807) is 17.1 Å². The lowest BCUT2D eigenvalue weighted by Gasteiger charge is -2.28. The van der Waals surface area contributed by atoms with Gasteiger partial charge in [-0.25, -0.2) is 0 Å². The summed E-state index contributed by atoms with van der Waals surface area (Å²) in [5.74, 6) is -0.781. The van der Waals surface area contributed by atoms with Crippen LogP contribution in [0.25, 0.3) is 0 Å². The van der Waals surface area contributed by atoms with Crippen LogP contribution in [0, 0.1) is 0 Å². The third kappa shape index (κ3) is 2.52. The molecular formula is C12H18ClN3O2. The summed E-state index contributed by atoms with van der Waals surface area (Å²) in [7, 11) is 0. The van der Waals surface area contributed by atoms with Gasteiger partial charge in [0.1, 0.15) is 5.54 Å². The molecule has 1 fully saturated rings. The van der Waals surface area contributed by atoms with E-state index in [9.17, 15) is 9.90 Å². The summed E-state index contributed by atoms with van der Waals surface area (Å²) in [6.07, 6.45) is 5.28. The molecule has 1 heterocycles. The first-order valence-electron chi connectivity index (χ1n) is 6.14. The molecule has 100 valence electrons. The number of halogens is 1. The molecule has 6 heteroatoms. The minimum atomic E-state index is -0.836. The molecule has 0 radical (unpaired) electrons. The molecule has 1 saturated carbocycles. The first-order chi connectivity index (χ1) is 8.43. The Kier molecular flexibility index (Phi) is 3.64. The number of carbonyl (C=O) groups is 1. The minimum Gasteiger partial charge on any atom is -0.480 e. The third-order valence-corrected chi connectivity index (χ3v) is 3.60. The molecule has 0 spiro atoms. The number of nitrogens with zero attached hydrogens (tertiary/aromatic N) is 2. The smallest absolute Gasteiger partial charge is 0.323 e. The van der Waals surface area contributed by atoms with Gasteiger partial charge in [0.15, 0.2) is 0 Å². The maximum atomic E-state index is 11.5. The van der Waals surface area contributed by atoms with Crippen molar-refractivity contribution in [1.29, 1.82) is 0 Å². The quantitative estimate of drug-likeness (QED) is 0.880. The van der Waals surface area contributed by atoms with Gasteiger partial charge in [-0.15, -0.1) is 0 Å². The fourth-order valence-corrected chi connectivity index (χ4v) is 2.84. The van der Waals surface area contributed by atoms with Gasteiger partial charge >= 0.3 is 5.97 Å². The molecule has 0 aromatic carbocycles. The van der Waals surface area contributed by atoms with Crippen molar-refractivity contribution >= 4 is 17.6 Å². The molecule has 2 unspecified atom stereocenters. The summed E-state index contributed by atoms with van der Waals surface area (Å²) >= 11 is 5.84. The lowest BCUT2D eigenvalue weighted by Crippen LogP contribution is -2.53. The molecule has 2 N–H and O–H groups in total. The van der Waals surface area contributed by atoms with Crippen LogP contribution in [0.1, 0.15) is 39.2 Å². The number of carboxylic acid groups (broad SMARTS) is 1. The molecular weight excluding hydrogens is 254 g/mol. The zero-order valence-electron chi connectivity index (χ0n) is 10.6. The van der Waals surface area contributed by atoms with Crippen molar-refractivity contribution < 1.29 is 9.90 Å². The van der Waals surface area contributed by atoms with Gasteiger partial charge in [-0.3, -0.25) is 14.8 Å². The maximum Gasteiger partial charge on any atom is 0.323 e. The summed E-state index contributed by atoms with van der Waals surface area (Å²) < 4.78 is 1.77. The number of aliphatic carboxylic acids is 1. The molecule has 18 heavy (non-hydrogen) atoms. The number of nitrogens with one attached hydrogen (secondary N) is 1. The molecule has 2 rings (SSSR count). The number of aromatic nitrogens is 2. The molecule has 1 aliphatic rings. The van der Waals surface area contributed by atoms with Crippen molar-refractivity contribution in [2.24, 2.45) is 0 Å². The van der Waals surface area contributed by atoms with Gasteiger partial charge in [0.25, 0.3) is 0 Å². The molecule has 1 aromatic rings. The highest BCUT2D eigenvalue weighted by Crippen LogP contribution is 2.38. The fraction of sp³-hybridized carbons (Fsp3) is 0.667. The number of carboxylic acids is 1. The molecule has 2 atom stereocenters. The van der Waals surface area contributed by atoms with Crippen LogP contribution in [0.3, 0.4) is 0 Å².